The van der Waals surface area contributed by atoms with Gasteiger partial charge in [-0.1, -0.05) is 130 Å². The van der Waals surface area contributed by atoms with Crippen molar-refractivity contribution in [2.75, 3.05) is 39.6 Å². The van der Waals surface area contributed by atoms with Crippen LogP contribution in [-0.4, -0.2) is 49.9 Å². The summed E-state index contributed by atoms with van der Waals surface area (Å²) < 4.78 is 38.0. The molecule has 0 atom stereocenters. The molecule has 0 aromatic heterocycles. The van der Waals surface area contributed by atoms with Gasteiger partial charge in [0.1, 0.15) is 0 Å². The van der Waals surface area contributed by atoms with E-state index in [4.69, 9.17) is 28.4 Å². The van der Waals surface area contributed by atoms with Crippen molar-refractivity contribution in [1.29, 1.82) is 0 Å². The van der Waals surface area contributed by atoms with Crippen molar-refractivity contribution >= 4 is 11.8 Å². The first-order chi connectivity index (χ1) is 25.0. The molecule has 2 N–H and O–H groups in total. The monoisotopic (exact) mass is 734 g/mol. The molecule has 292 valence electrons. The van der Waals surface area contributed by atoms with Gasteiger partial charge in [-0.15, -0.1) is 0 Å². The molecule has 0 spiro atoms. The molecule has 0 saturated carbocycles. The van der Waals surface area contributed by atoms with Gasteiger partial charge in [-0.05, 0) is 38.5 Å². The van der Waals surface area contributed by atoms with E-state index in [0.29, 0.717) is 74.1 Å². The number of phenolic OH excluding ortho intramolecular Hbond substituents is 2. The van der Waals surface area contributed by atoms with Crippen LogP contribution in [0.5, 0.6) is 46.0 Å². The lowest BCUT2D eigenvalue weighted by Crippen LogP contribution is -2.07. The minimum Gasteiger partial charge on any atom is -0.502 e. The fourth-order valence-electron chi connectivity index (χ4n) is 5.37. The average Bonchev–Trinajstić information content (AvgIpc) is 3.13. The molecule has 0 heterocycles. The lowest BCUT2D eigenvalue weighted by atomic mass is 10.2. The maximum Gasteiger partial charge on any atom is 0.208 e. The molecule has 0 bridgehead atoms. The lowest BCUT2D eigenvalue weighted by Gasteiger charge is -2.22. The van der Waals surface area contributed by atoms with Crippen molar-refractivity contribution < 1.29 is 38.6 Å². The molecule has 2 aromatic carbocycles. The Morgan fingerprint density at radius 2 is 0.627 bits per heavy atom. The molecule has 0 saturated heterocycles. The number of ether oxygens (including phenoxy) is 6. The molecular formula is C42H70O8S. The van der Waals surface area contributed by atoms with Crippen LogP contribution in [0.3, 0.4) is 0 Å². The van der Waals surface area contributed by atoms with Gasteiger partial charge < -0.3 is 38.6 Å². The smallest absolute Gasteiger partial charge is 0.208 e. The number of phenols is 2. The molecule has 0 unspecified atom stereocenters. The van der Waals surface area contributed by atoms with E-state index in [1.165, 1.54) is 11.8 Å². The Hall–Kier alpha value is -2.81. The predicted octanol–water partition coefficient (Wildman–Crippen LogP) is 12.7. The molecule has 0 radical (unpaired) electrons. The Morgan fingerprint density at radius 3 is 0.902 bits per heavy atom. The standard InChI is InChI=1S/C42H70O8S/c1-7-13-19-25-45-33-31-35(39(47-27-21-15-9-3)41(37(33)43)49-29-23-17-11-5)51-36-32-34(46-26-20-14-8-2)38(44)42(50-30-24-18-12-6)40(36)48-28-22-16-10-4/h31-32,43-44H,7-30H2,1-6H3. The Kier molecular flexibility index (Phi) is 24.2. The van der Waals surface area contributed by atoms with Crippen molar-refractivity contribution in [3.63, 3.8) is 0 Å². The fraction of sp³-hybridized carbons (Fsp3) is 0.714. The quantitative estimate of drug-likeness (QED) is 0.0712. The Morgan fingerprint density at radius 1 is 0.373 bits per heavy atom. The van der Waals surface area contributed by atoms with Gasteiger partial charge >= 0.3 is 0 Å². The molecule has 2 rings (SSSR count). The third-order valence-electron chi connectivity index (χ3n) is 8.49. The van der Waals surface area contributed by atoms with E-state index in [1.807, 2.05) is 12.1 Å². The van der Waals surface area contributed by atoms with E-state index in [-0.39, 0.29) is 11.5 Å². The van der Waals surface area contributed by atoms with Gasteiger partial charge in [-0.3, -0.25) is 0 Å². The average molecular weight is 735 g/mol. The van der Waals surface area contributed by atoms with E-state index in [0.717, 1.165) is 125 Å². The molecule has 0 aliphatic rings. The van der Waals surface area contributed by atoms with Crippen LogP contribution >= 0.6 is 11.8 Å². The topological polar surface area (TPSA) is 95.8 Å². The molecule has 8 nitrogen and oxygen atoms in total. The number of rotatable bonds is 32. The zero-order valence-electron chi connectivity index (χ0n) is 32.9. The van der Waals surface area contributed by atoms with Crippen molar-refractivity contribution in [1.82, 2.24) is 0 Å². The van der Waals surface area contributed by atoms with Gasteiger partial charge in [-0.25, -0.2) is 0 Å². The van der Waals surface area contributed by atoms with Crippen LogP contribution in [0.4, 0.5) is 0 Å². The van der Waals surface area contributed by atoms with E-state index in [9.17, 15) is 10.2 Å². The first-order valence-electron chi connectivity index (χ1n) is 20.2. The highest BCUT2D eigenvalue weighted by Crippen LogP contribution is 2.56. The SMILES string of the molecule is CCCCCOc1cc(Sc2cc(OCCCCC)c(O)c(OCCCCC)c2OCCCCC)c(OCCCCC)c(OCCCCC)c1O. The summed E-state index contributed by atoms with van der Waals surface area (Å²) in [5.74, 6) is 2.19. The number of hydrogen-bond acceptors (Lipinski definition) is 9. The van der Waals surface area contributed by atoms with Crippen LogP contribution < -0.4 is 28.4 Å². The zero-order valence-corrected chi connectivity index (χ0v) is 33.7. The van der Waals surface area contributed by atoms with Crippen molar-refractivity contribution in [3.8, 4) is 46.0 Å². The van der Waals surface area contributed by atoms with E-state index in [1.54, 1.807) is 0 Å². The molecule has 0 amide bonds. The Bertz CT molecular complexity index is 1110. The Labute approximate surface area is 314 Å². The summed E-state index contributed by atoms with van der Waals surface area (Å²) in [7, 11) is 0. The summed E-state index contributed by atoms with van der Waals surface area (Å²) in [6.07, 6.45) is 17.8. The molecule has 0 aliphatic heterocycles. The molecule has 0 aliphatic carbocycles. The minimum atomic E-state index is -0.0422. The van der Waals surface area contributed by atoms with Crippen molar-refractivity contribution in [2.24, 2.45) is 0 Å². The van der Waals surface area contributed by atoms with Gasteiger partial charge in [0.05, 0.1) is 49.4 Å². The largest absolute Gasteiger partial charge is 0.502 e. The third-order valence-corrected chi connectivity index (χ3v) is 9.54. The zero-order chi connectivity index (χ0) is 37.1. The van der Waals surface area contributed by atoms with Crippen LogP contribution in [0.15, 0.2) is 21.9 Å². The summed E-state index contributed by atoms with van der Waals surface area (Å²) >= 11 is 1.43. The van der Waals surface area contributed by atoms with Crippen LogP contribution in [0.1, 0.15) is 157 Å². The van der Waals surface area contributed by atoms with Crippen LogP contribution in [0.2, 0.25) is 0 Å². The van der Waals surface area contributed by atoms with E-state index >= 15 is 0 Å². The van der Waals surface area contributed by atoms with Crippen LogP contribution in [-0.2, 0) is 0 Å². The first kappa shape index (κ1) is 44.4. The van der Waals surface area contributed by atoms with Gasteiger partial charge in [0.2, 0.25) is 23.0 Å². The summed E-state index contributed by atoms with van der Waals surface area (Å²) in [4.78, 5) is 1.44. The van der Waals surface area contributed by atoms with Gasteiger partial charge in [0.25, 0.3) is 0 Å². The van der Waals surface area contributed by atoms with Gasteiger partial charge in [0.15, 0.2) is 23.0 Å². The van der Waals surface area contributed by atoms with Crippen LogP contribution in [0.25, 0.3) is 0 Å². The summed E-state index contributed by atoms with van der Waals surface area (Å²) in [5.41, 5.74) is 0. The van der Waals surface area contributed by atoms with E-state index < -0.39 is 0 Å². The second-order valence-corrected chi connectivity index (χ2v) is 14.3. The molecule has 2 aromatic rings. The third kappa shape index (κ3) is 16.2. The molecule has 9 heteroatoms. The number of hydrogen-bond donors (Lipinski definition) is 2. The second-order valence-electron chi connectivity index (χ2n) is 13.2. The number of aromatic hydroxyl groups is 2. The highest BCUT2D eigenvalue weighted by atomic mass is 32.2. The van der Waals surface area contributed by atoms with Crippen molar-refractivity contribution in [2.45, 2.75) is 167 Å². The van der Waals surface area contributed by atoms with Gasteiger partial charge in [0, 0.05) is 12.1 Å². The summed E-state index contributed by atoms with van der Waals surface area (Å²) in [5, 5.41) is 23.1. The summed E-state index contributed by atoms with van der Waals surface area (Å²) in [6.45, 7) is 15.8. The minimum absolute atomic E-state index is 0.0422. The van der Waals surface area contributed by atoms with Gasteiger partial charge in [-0.2, -0.15) is 0 Å². The highest BCUT2D eigenvalue weighted by molar-refractivity contribution is 7.99. The lowest BCUT2D eigenvalue weighted by molar-refractivity contribution is 0.234. The Balaban J connectivity index is 2.76. The highest BCUT2D eigenvalue weighted by Gasteiger charge is 2.27. The fourth-order valence-corrected chi connectivity index (χ4v) is 6.43. The second kappa shape index (κ2) is 27.8. The maximum atomic E-state index is 11.6. The molecule has 51 heavy (non-hydrogen) atoms. The first-order valence-corrected chi connectivity index (χ1v) is 21.0. The number of benzene rings is 2. The molecule has 0 fully saturated rings. The van der Waals surface area contributed by atoms with Crippen LogP contribution in [0, 0.1) is 0 Å². The predicted molar refractivity (Wildman–Crippen MR) is 210 cm³/mol. The normalized spacial score (nSPS) is 11.1. The van der Waals surface area contributed by atoms with Crippen molar-refractivity contribution in [3.05, 3.63) is 12.1 Å². The molecular weight excluding hydrogens is 665 g/mol. The maximum absolute atomic E-state index is 11.6. The summed E-state index contributed by atoms with van der Waals surface area (Å²) in [6, 6.07) is 3.69. The number of unbranched alkanes of at least 4 members (excludes halogenated alkanes) is 12. The van der Waals surface area contributed by atoms with E-state index in [2.05, 4.69) is 41.5 Å².